The van der Waals surface area contributed by atoms with Gasteiger partial charge < -0.3 is 9.88 Å². The van der Waals surface area contributed by atoms with E-state index >= 15 is 0 Å². The van der Waals surface area contributed by atoms with Crippen LogP contribution in [0.25, 0.3) is 0 Å². The van der Waals surface area contributed by atoms with Crippen LogP contribution in [0, 0.1) is 6.92 Å². The zero-order valence-corrected chi connectivity index (χ0v) is 15.7. The molecule has 9 heteroatoms. The Kier molecular flexibility index (Phi) is 4.64. The summed E-state index contributed by atoms with van der Waals surface area (Å²) in [4.78, 5) is 35.4. The summed E-state index contributed by atoms with van der Waals surface area (Å²) in [7, 11) is 1.69. The molecule has 3 aromatic rings. The molecule has 0 aliphatic carbocycles. The van der Waals surface area contributed by atoms with Crippen molar-refractivity contribution in [2.24, 2.45) is 0 Å². The molecule has 1 unspecified atom stereocenters. The first-order chi connectivity index (χ1) is 13.5. The van der Waals surface area contributed by atoms with Gasteiger partial charge in [-0.05, 0) is 18.9 Å². The average Bonchev–Trinajstić information content (AvgIpc) is 3.28. The van der Waals surface area contributed by atoms with Crippen molar-refractivity contribution in [1.82, 2.24) is 30.0 Å². The lowest BCUT2D eigenvalue weighted by Crippen LogP contribution is -2.47. The molecule has 144 valence electrons. The maximum Gasteiger partial charge on any atom is 0.291 e. The van der Waals surface area contributed by atoms with E-state index in [1.54, 1.807) is 18.3 Å². The highest BCUT2D eigenvalue weighted by atomic mass is 16.2. The Hall–Kier alpha value is -3.49. The minimum absolute atomic E-state index is 0.0306. The van der Waals surface area contributed by atoms with Crippen molar-refractivity contribution in [3.8, 4) is 0 Å². The van der Waals surface area contributed by atoms with E-state index in [9.17, 15) is 9.59 Å². The van der Waals surface area contributed by atoms with Crippen molar-refractivity contribution in [2.45, 2.75) is 32.4 Å². The van der Waals surface area contributed by atoms with Gasteiger partial charge in [0.25, 0.3) is 11.8 Å². The molecule has 9 nitrogen and oxygen atoms in total. The Balaban J connectivity index is 1.45. The minimum atomic E-state index is -0.645. The normalized spacial score (nSPS) is 16.6. The number of carbonyl (C=O) groups excluding carboxylic acids is 2. The second-order valence-corrected chi connectivity index (χ2v) is 6.83. The van der Waals surface area contributed by atoms with Gasteiger partial charge in [-0.25, -0.2) is 9.97 Å². The number of imidazole rings is 1. The molecule has 0 spiro atoms. The van der Waals surface area contributed by atoms with Crippen molar-refractivity contribution in [3.63, 3.8) is 0 Å². The number of amides is 2. The summed E-state index contributed by atoms with van der Waals surface area (Å²) in [6.45, 7) is 2.45. The topological polar surface area (TPSA) is 109 Å². The van der Waals surface area contributed by atoms with E-state index in [2.05, 4.69) is 25.5 Å². The maximum absolute atomic E-state index is 12.8. The number of carbonyl (C=O) groups is 2. The van der Waals surface area contributed by atoms with Gasteiger partial charge in [-0.2, -0.15) is 0 Å². The Morgan fingerprint density at radius 2 is 2.11 bits per heavy atom. The smallest absolute Gasteiger partial charge is 0.291 e. The molecule has 4 rings (SSSR count). The molecule has 2 amide bonds. The fraction of sp³-hybridized carbons (Fsp3) is 0.316. The summed E-state index contributed by atoms with van der Waals surface area (Å²) < 4.78 is 1.92. The monoisotopic (exact) mass is 379 g/mol. The van der Waals surface area contributed by atoms with E-state index in [1.807, 2.05) is 41.8 Å². The highest BCUT2D eigenvalue weighted by Crippen LogP contribution is 2.23. The van der Waals surface area contributed by atoms with E-state index in [4.69, 9.17) is 0 Å². The van der Waals surface area contributed by atoms with E-state index in [-0.39, 0.29) is 11.7 Å². The van der Waals surface area contributed by atoms with E-state index in [0.29, 0.717) is 25.2 Å². The lowest BCUT2D eigenvalue weighted by Gasteiger charge is -2.20. The fourth-order valence-corrected chi connectivity index (χ4v) is 3.43. The summed E-state index contributed by atoms with van der Waals surface area (Å²) in [5.41, 5.74) is 1.85. The number of benzene rings is 1. The van der Waals surface area contributed by atoms with Gasteiger partial charge in [-0.3, -0.25) is 19.6 Å². The summed E-state index contributed by atoms with van der Waals surface area (Å²) in [6, 6.07) is 9.15. The van der Waals surface area contributed by atoms with Crippen LogP contribution in [0.5, 0.6) is 0 Å². The van der Waals surface area contributed by atoms with Gasteiger partial charge in [0.15, 0.2) is 0 Å². The van der Waals surface area contributed by atoms with Gasteiger partial charge in [0.2, 0.25) is 5.82 Å². The van der Waals surface area contributed by atoms with Crippen LogP contribution in [0.15, 0.2) is 36.7 Å². The maximum atomic E-state index is 12.8. The first-order valence-electron chi connectivity index (χ1n) is 9.08. The highest BCUT2D eigenvalue weighted by Gasteiger charge is 2.31. The third kappa shape index (κ3) is 3.38. The zero-order chi connectivity index (χ0) is 19.7. The van der Waals surface area contributed by atoms with Crippen LogP contribution in [0.1, 0.15) is 34.1 Å². The first kappa shape index (κ1) is 17.9. The molecule has 0 saturated carbocycles. The number of hydrogen-bond acceptors (Lipinski definition) is 5. The van der Waals surface area contributed by atoms with Gasteiger partial charge in [-0.15, -0.1) is 5.10 Å². The molecule has 1 aliphatic heterocycles. The number of aryl methyl sites for hydroxylation is 2. The second kappa shape index (κ2) is 7.26. The van der Waals surface area contributed by atoms with Crippen LogP contribution in [-0.2, 0) is 17.8 Å². The molecule has 2 aromatic heterocycles. The van der Waals surface area contributed by atoms with Crippen LogP contribution in [0.4, 0.5) is 5.82 Å². The third-order valence-corrected chi connectivity index (χ3v) is 4.85. The number of nitrogens with one attached hydrogen (secondary N) is 2. The third-order valence-electron chi connectivity index (χ3n) is 4.85. The molecule has 0 saturated heterocycles. The number of aromatic nitrogens is 5. The zero-order valence-electron chi connectivity index (χ0n) is 15.7. The summed E-state index contributed by atoms with van der Waals surface area (Å²) >= 11 is 0. The molecule has 1 atom stereocenters. The number of hydrogen-bond donors (Lipinski definition) is 2. The van der Waals surface area contributed by atoms with Gasteiger partial charge in [0, 0.05) is 20.0 Å². The standard InChI is InChI=1S/C19H21N7O2/c1-12-18-25(2)19(28)14(8-9-26(18)11-20-12)21-17(27)16-22-15(23-24-16)10-13-6-4-3-5-7-13/h3-7,11,14H,8-10H2,1-2H3,(H,21,27)(H,22,23,24). The van der Waals surface area contributed by atoms with Gasteiger partial charge in [0.1, 0.15) is 17.7 Å². The van der Waals surface area contributed by atoms with Crippen molar-refractivity contribution in [3.05, 3.63) is 59.6 Å². The number of rotatable bonds is 4. The molecule has 0 fully saturated rings. The van der Waals surface area contributed by atoms with Crippen molar-refractivity contribution in [1.29, 1.82) is 0 Å². The molecule has 28 heavy (non-hydrogen) atoms. The highest BCUT2D eigenvalue weighted by molar-refractivity contribution is 6.01. The lowest BCUT2D eigenvalue weighted by atomic mass is 10.1. The average molecular weight is 379 g/mol. The lowest BCUT2D eigenvalue weighted by molar-refractivity contribution is -0.120. The predicted octanol–water partition coefficient (Wildman–Crippen LogP) is 1.07. The largest absolute Gasteiger partial charge is 0.337 e. The van der Waals surface area contributed by atoms with Crippen molar-refractivity contribution in [2.75, 3.05) is 11.9 Å². The fourth-order valence-electron chi connectivity index (χ4n) is 3.43. The van der Waals surface area contributed by atoms with Crippen LogP contribution < -0.4 is 10.2 Å². The Bertz CT molecular complexity index is 1010. The molecular formula is C19H21N7O2. The van der Waals surface area contributed by atoms with E-state index in [0.717, 1.165) is 17.1 Å². The molecule has 0 radical (unpaired) electrons. The molecular weight excluding hydrogens is 358 g/mol. The Labute approximate surface area is 161 Å². The number of H-pyrrole nitrogens is 1. The van der Waals surface area contributed by atoms with Crippen LogP contribution in [0.3, 0.4) is 0 Å². The summed E-state index contributed by atoms with van der Waals surface area (Å²) in [6.07, 6.45) is 2.73. The van der Waals surface area contributed by atoms with Gasteiger partial charge in [0.05, 0.1) is 12.0 Å². The summed E-state index contributed by atoms with van der Waals surface area (Å²) in [5, 5.41) is 9.56. The van der Waals surface area contributed by atoms with Gasteiger partial charge >= 0.3 is 0 Å². The van der Waals surface area contributed by atoms with Crippen LogP contribution in [-0.4, -0.2) is 49.6 Å². The predicted molar refractivity (Wildman–Crippen MR) is 102 cm³/mol. The quantitative estimate of drug-likeness (QED) is 0.705. The van der Waals surface area contributed by atoms with E-state index < -0.39 is 11.9 Å². The van der Waals surface area contributed by atoms with Crippen molar-refractivity contribution >= 4 is 17.6 Å². The second-order valence-electron chi connectivity index (χ2n) is 6.83. The first-order valence-corrected chi connectivity index (χ1v) is 9.08. The van der Waals surface area contributed by atoms with Crippen LogP contribution in [0.2, 0.25) is 0 Å². The van der Waals surface area contributed by atoms with Gasteiger partial charge in [-0.1, -0.05) is 30.3 Å². The number of nitrogens with zero attached hydrogens (tertiary/aromatic N) is 5. The van der Waals surface area contributed by atoms with Crippen LogP contribution >= 0.6 is 0 Å². The number of aromatic amines is 1. The SMILES string of the molecule is Cc1ncn2c1N(C)C(=O)C(NC(=O)c1n[nH]c(Cc3ccccc3)n1)CC2. The summed E-state index contributed by atoms with van der Waals surface area (Å²) in [5.74, 6) is 0.727. The molecule has 2 N–H and O–H groups in total. The molecule has 1 aliphatic rings. The minimum Gasteiger partial charge on any atom is -0.337 e. The number of fused-ring (bicyclic) bond motifs is 1. The molecule has 0 bridgehead atoms. The number of anilines is 1. The van der Waals surface area contributed by atoms with Crippen molar-refractivity contribution < 1.29 is 9.59 Å². The van der Waals surface area contributed by atoms with E-state index in [1.165, 1.54) is 0 Å². The number of likely N-dealkylation sites (N-methyl/N-ethyl adjacent to an activating group) is 1. The Morgan fingerprint density at radius 3 is 2.89 bits per heavy atom. The molecule has 1 aromatic carbocycles. The molecule has 3 heterocycles. The Morgan fingerprint density at radius 1 is 1.32 bits per heavy atom.